The van der Waals surface area contributed by atoms with Crippen molar-refractivity contribution in [1.82, 2.24) is 14.8 Å². The van der Waals surface area contributed by atoms with Gasteiger partial charge in [0.25, 0.3) is 5.69 Å². The lowest BCUT2D eigenvalue weighted by Crippen LogP contribution is -2.15. The lowest BCUT2D eigenvalue weighted by molar-refractivity contribution is -0.385. The number of amides is 1. The summed E-state index contributed by atoms with van der Waals surface area (Å²) in [7, 11) is 0. The molecule has 0 aliphatic carbocycles. The predicted octanol–water partition coefficient (Wildman–Crippen LogP) is 3.53. The van der Waals surface area contributed by atoms with Crippen LogP contribution in [-0.2, 0) is 17.8 Å². The van der Waals surface area contributed by atoms with E-state index < -0.39 is 4.92 Å². The molecular weight excluding hydrogens is 386 g/mol. The van der Waals surface area contributed by atoms with Gasteiger partial charge in [0.15, 0.2) is 5.16 Å². The highest BCUT2D eigenvalue weighted by Gasteiger charge is 2.15. The van der Waals surface area contributed by atoms with Crippen molar-refractivity contribution in [2.45, 2.75) is 25.0 Å². The zero-order valence-corrected chi connectivity index (χ0v) is 16.1. The monoisotopic (exact) mass is 403 g/mol. The summed E-state index contributed by atoms with van der Waals surface area (Å²) in [6.07, 6.45) is 2.53. The predicted molar refractivity (Wildman–Crippen MR) is 105 cm³/mol. The Morgan fingerprint density at radius 3 is 2.96 bits per heavy atom. The minimum Gasteiger partial charge on any atom is -0.325 e. The molecular formula is C17H17N5O3S2. The number of hydrogen-bond donors (Lipinski definition) is 1. The van der Waals surface area contributed by atoms with Crippen LogP contribution < -0.4 is 5.32 Å². The summed E-state index contributed by atoms with van der Waals surface area (Å²) in [6.45, 7) is 2.35. The van der Waals surface area contributed by atoms with Crippen LogP contribution in [-0.4, -0.2) is 31.3 Å². The topological polar surface area (TPSA) is 103 Å². The van der Waals surface area contributed by atoms with Crippen LogP contribution in [0.15, 0.2) is 47.2 Å². The van der Waals surface area contributed by atoms with Crippen molar-refractivity contribution in [3.63, 3.8) is 0 Å². The maximum Gasteiger partial charge on any atom is 0.274 e. The van der Waals surface area contributed by atoms with Crippen molar-refractivity contribution in [2.75, 3.05) is 11.1 Å². The molecule has 0 fully saturated rings. The summed E-state index contributed by atoms with van der Waals surface area (Å²) in [4.78, 5) is 24.0. The highest BCUT2D eigenvalue weighted by molar-refractivity contribution is 7.99. The Hall–Kier alpha value is -2.72. The maximum atomic E-state index is 12.2. The van der Waals surface area contributed by atoms with Crippen LogP contribution in [0.3, 0.4) is 0 Å². The highest BCUT2D eigenvalue weighted by Crippen LogP contribution is 2.25. The zero-order valence-electron chi connectivity index (χ0n) is 14.5. The van der Waals surface area contributed by atoms with Gasteiger partial charge in [-0.3, -0.25) is 14.9 Å². The number of thiophene rings is 1. The Kier molecular flexibility index (Phi) is 6.20. The van der Waals surface area contributed by atoms with E-state index in [-0.39, 0.29) is 17.3 Å². The van der Waals surface area contributed by atoms with E-state index in [2.05, 4.69) is 21.6 Å². The molecule has 0 radical (unpaired) electrons. The SMILES string of the molecule is Cc1c(NC(=O)CSc2nncn2CCc2cccs2)cccc1[N+](=O)[O-]. The summed E-state index contributed by atoms with van der Waals surface area (Å²) < 4.78 is 1.91. The number of aryl methyl sites for hydroxylation is 2. The van der Waals surface area contributed by atoms with E-state index in [1.54, 1.807) is 36.7 Å². The van der Waals surface area contributed by atoms with Gasteiger partial charge in [-0.1, -0.05) is 23.9 Å². The second kappa shape index (κ2) is 8.78. The van der Waals surface area contributed by atoms with Gasteiger partial charge in [-0.05, 0) is 30.9 Å². The van der Waals surface area contributed by atoms with Crippen LogP contribution in [0, 0.1) is 17.0 Å². The molecule has 1 amide bonds. The van der Waals surface area contributed by atoms with Crippen molar-refractivity contribution in [3.8, 4) is 0 Å². The molecule has 1 N–H and O–H groups in total. The quantitative estimate of drug-likeness (QED) is 0.351. The number of nitrogens with one attached hydrogen (secondary N) is 1. The molecule has 8 nitrogen and oxygen atoms in total. The van der Waals surface area contributed by atoms with Gasteiger partial charge in [-0.2, -0.15) is 0 Å². The van der Waals surface area contributed by atoms with E-state index in [4.69, 9.17) is 0 Å². The number of benzene rings is 1. The van der Waals surface area contributed by atoms with Crippen molar-refractivity contribution in [1.29, 1.82) is 0 Å². The number of aromatic nitrogens is 3. The summed E-state index contributed by atoms with van der Waals surface area (Å²) in [6, 6.07) is 8.71. The number of hydrogen-bond acceptors (Lipinski definition) is 7. The number of nitrogens with zero attached hydrogens (tertiary/aromatic N) is 4. The van der Waals surface area contributed by atoms with Crippen molar-refractivity contribution in [2.24, 2.45) is 0 Å². The van der Waals surface area contributed by atoms with E-state index in [0.717, 1.165) is 13.0 Å². The average molecular weight is 403 g/mol. The first-order valence-corrected chi connectivity index (χ1v) is 9.98. The van der Waals surface area contributed by atoms with E-state index in [9.17, 15) is 14.9 Å². The second-order valence-electron chi connectivity index (χ2n) is 5.68. The van der Waals surface area contributed by atoms with Crippen LogP contribution in [0.1, 0.15) is 10.4 Å². The summed E-state index contributed by atoms with van der Waals surface area (Å²) in [5.74, 6) is -0.115. The number of nitro groups is 1. The number of anilines is 1. The number of thioether (sulfide) groups is 1. The molecule has 27 heavy (non-hydrogen) atoms. The smallest absolute Gasteiger partial charge is 0.274 e. The fourth-order valence-corrected chi connectivity index (χ4v) is 3.91. The second-order valence-corrected chi connectivity index (χ2v) is 7.65. The molecule has 0 saturated heterocycles. The number of nitro benzene ring substituents is 1. The Morgan fingerprint density at radius 2 is 2.22 bits per heavy atom. The summed E-state index contributed by atoms with van der Waals surface area (Å²) >= 11 is 2.98. The first-order chi connectivity index (χ1) is 13.0. The first kappa shape index (κ1) is 19.1. The standard InChI is InChI=1S/C17H17N5O3S2/c1-12-14(5-2-6-15(12)22(24)25)19-16(23)10-27-17-20-18-11-21(17)8-7-13-4-3-9-26-13/h2-6,9,11H,7-8,10H2,1H3,(H,19,23). The van der Waals surface area contributed by atoms with Gasteiger partial charge in [-0.25, -0.2) is 0 Å². The third-order valence-corrected chi connectivity index (χ3v) is 5.78. The Bertz CT molecular complexity index is 940. The molecule has 0 aliphatic heterocycles. The van der Waals surface area contributed by atoms with Gasteiger partial charge < -0.3 is 9.88 Å². The van der Waals surface area contributed by atoms with Crippen molar-refractivity contribution in [3.05, 3.63) is 62.6 Å². The fourth-order valence-electron chi connectivity index (χ4n) is 2.47. The number of carbonyl (C=O) groups excluding carboxylic acids is 1. The minimum atomic E-state index is -0.462. The van der Waals surface area contributed by atoms with E-state index >= 15 is 0 Å². The van der Waals surface area contributed by atoms with Gasteiger partial charge >= 0.3 is 0 Å². The molecule has 0 unspecified atom stereocenters. The van der Waals surface area contributed by atoms with Crippen LogP contribution in [0.4, 0.5) is 11.4 Å². The molecule has 1 aromatic carbocycles. The number of rotatable bonds is 8. The number of carbonyl (C=O) groups is 1. The lowest BCUT2D eigenvalue weighted by Gasteiger charge is -2.09. The molecule has 0 bridgehead atoms. The molecule has 3 aromatic rings. The van der Waals surface area contributed by atoms with Crippen LogP contribution in [0.5, 0.6) is 0 Å². The highest BCUT2D eigenvalue weighted by atomic mass is 32.2. The van der Waals surface area contributed by atoms with Gasteiger partial charge in [0.1, 0.15) is 6.33 Å². The molecule has 10 heteroatoms. The minimum absolute atomic E-state index is 0.0197. The fraction of sp³-hybridized carbons (Fsp3) is 0.235. The molecule has 0 spiro atoms. The van der Waals surface area contributed by atoms with Crippen molar-refractivity contribution < 1.29 is 9.72 Å². The molecule has 140 valence electrons. The summed E-state index contributed by atoms with van der Waals surface area (Å²) in [5.41, 5.74) is 0.850. The average Bonchev–Trinajstić information content (AvgIpc) is 3.31. The van der Waals surface area contributed by atoms with E-state index in [1.807, 2.05) is 16.0 Å². The van der Waals surface area contributed by atoms with Crippen LogP contribution >= 0.6 is 23.1 Å². The van der Waals surface area contributed by atoms with Gasteiger partial charge in [0.2, 0.25) is 5.91 Å². The lowest BCUT2D eigenvalue weighted by atomic mass is 10.1. The Labute approximate surface area is 163 Å². The van der Waals surface area contributed by atoms with Gasteiger partial charge in [0.05, 0.1) is 21.9 Å². The van der Waals surface area contributed by atoms with Gasteiger partial charge in [-0.15, -0.1) is 21.5 Å². The van der Waals surface area contributed by atoms with E-state index in [0.29, 0.717) is 16.4 Å². The molecule has 2 heterocycles. The largest absolute Gasteiger partial charge is 0.325 e. The first-order valence-electron chi connectivity index (χ1n) is 8.11. The Balaban J connectivity index is 1.56. The van der Waals surface area contributed by atoms with Crippen LogP contribution in [0.2, 0.25) is 0 Å². The van der Waals surface area contributed by atoms with Crippen LogP contribution in [0.25, 0.3) is 0 Å². The Morgan fingerprint density at radius 1 is 1.37 bits per heavy atom. The molecule has 0 atom stereocenters. The maximum absolute atomic E-state index is 12.2. The molecule has 3 rings (SSSR count). The summed E-state index contributed by atoms with van der Waals surface area (Å²) in [5, 5.41) is 24.4. The van der Waals surface area contributed by atoms with Crippen molar-refractivity contribution >= 4 is 40.4 Å². The third kappa shape index (κ3) is 4.92. The molecule has 2 aromatic heterocycles. The molecule has 0 aliphatic rings. The van der Waals surface area contributed by atoms with Gasteiger partial charge in [0, 0.05) is 17.5 Å². The van der Waals surface area contributed by atoms with E-state index in [1.165, 1.54) is 22.7 Å². The molecule has 0 saturated carbocycles. The normalized spacial score (nSPS) is 10.7. The third-order valence-electron chi connectivity index (χ3n) is 3.87. The zero-order chi connectivity index (χ0) is 19.2.